The van der Waals surface area contributed by atoms with Gasteiger partial charge in [-0.25, -0.2) is 4.98 Å². The van der Waals surface area contributed by atoms with Crippen molar-refractivity contribution in [3.63, 3.8) is 0 Å². The summed E-state index contributed by atoms with van der Waals surface area (Å²) in [6, 6.07) is 2.01. The Hall–Kier alpha value is -1.78. The predicted molar refractivity (Wildman–Crippen MR) is 73.7 cm³/mol. The molecule has 0 radical (unpaired) electrons. The molecule has 0 amide bonds. The number of pyridine rings is 1. The Balaban J connectivity index is 2.09. The molecule has 96 valence electrons. The fraction of sp³-hybridized carbons (Fsp3) is 0.538. The smallest absolute Gasteiger partial charge is 0.183 e. The van der Waals surface area contributed by atoms with Gasteiger partial charge in [-0.1, -0.05) is 0 Å². The molecule has 5 nitrogen and oxygen atoms in total. The van der Waals surface area contributed by atoms with Gasteiger partial charge in [-0.2, -0.15) is 5.10 Å². The highest BCUT2D eigenvalue weighted by molar-refractivity contribution is 5.85. The van der Waals surface area contributed by atoms with Crippen molar-refractivity contribution in [1.82, 2.24) is 14.8 Å². The Morgan fingerprint density at radius 3 is 2.67 bits per heavy atom. The maximum atomic E-state index is 6.15. The van der Waals surface area contributed by atoms with Crippen LogP contribution in [0.4, 0.5) is 11.5 Å². The van der Waals surface area contributed by atoms with Crippen molar-refractivity contribution >= 4 is 22.5 Å². The molecule has 2 aromatic heterocycles. The summed E-state index contributed by atoms with van der Waals surface area (Å²) < 4.78 is 1.86. The molecule has 0 aliphatic carbocycles. The average Bonchev–Trinajstić information content (AvgIpc) is 2.66. The van der Waals surface area contributed by atoms with E-state index in [0.29, 0.717) is 0 Å². The highest BCUT2D eigenvalue weighted by atomic mass is 15.3. The lowest BCUT2D eigenvalue weighted by atomic mass is 10.1. The summed E-state index contributed by atoms with van der Waals surface area (Å²) in [6.45, 7) is 4.14. The van der Waals surface area contributed by atoms with E-state index in [-0.39, 0.29) is 0 Å². The van der Waals surface area contributed by atoms with Crippen LogP contribution >= 0.6 is 0 Å². The normalized spacial score (nSPS) is 16.4. The van der Waals surface area contributed by atoms with E-state index in [9.17, 15) is 0 Å². The van der Waals surface area contributed by atoms with Gasteiger partial charge in [-0.3, -0.25) is 4.68 Å². The molecular formula is C13H19N5. The lowest BCUT2D eigenvalue weighted by Crippen LogP contribution is -2.30. The SMILES string of the molecule is Cc1c2cc(N)c(N3CCCCC3)nc2nn1C. The summed E-state index contributed by atoms with van der Waals surface area (Å²) in [5.41, 5.74) is 8.82. The van der Waals surface area contributed by atoms with Gasteiger partial charge in [-0.15, -0.1) is 0 Å². The van der Waals surface area contributed by atoms with Crippen molar-refractivity contribution in [2.75, 3.05) is 23.7 Å². The van der Waals surface area contributed by atoms with E-state index >= 15 is 0 Å². The van der Waals surface area contributed by atoms with Crippen molar-refractivity contribution in [2.45, 2.75) is 26.2 Å². The van der Waals surface area contributed by atoms with Gasteiger partial charge in [0, 0.05) is 31.2 Å². The number of nitrogens with two attached hydrogens (primary N) is 1. The standard InChI is InChI=1S/C13H19N5/c1-9-10-8-11(14)13(15-12(10)16-17(9)2)18-6-4-3-5-7-18/h8H,3-7,14H2,1-2H3. The molecule has 0 saturated carbocycles. The van der Waals surface area contributed by atoms with E-state index in [1.165, 1.54) is 19.3 Å². The molecule has 18 heavy (non-hydrogen) atoms. The van der Waals surface area contributed by atoms with Crippen LogP contribution in [-0.4, -0.2) is 27.9 Å². The number of piperidine rings is 1. The van der Waals surface area contributed by atoms with Crippen molar-refractivity contribution in [2.24, 2.45) is 7.05 Å². The van der Waals surface area contributed by atoms with Crippen LogP contribution < -0.4 is 10.6 Å². The van der Waals surface area contributed by atoms with Crippen molar-refractivity contribution in [1.29, 1.82) is 0 Å². The van der Waals surface area contributed by atoms with Crippen LogP contribution in [0.2, 0.25) is 0 Å². The minimum Gasteiger partial charge on any atom is -0.396 e. The van der Waals surface area contributed by atoms with E-state index in [2.05, 4.69) is 15.0 Å². The van der Waals surface area contributed by atoms with Crippen LogP contribution in [-0.2, 0) is 7.05 Å². The number of rotatable bonds is 1. The number of hydrogen-bond donors (Lipinski definition) is 1. The molecule has 5 heteroatoms. The summed E-state index contributed by atoms with van der Waals surface area (Å²) in [6.07, 6.45) is 3.75. The number of fused-ring (bicyclic) bond motifs is 1. The molecule has 1 aliphatic rings. The van der Waals surface area contributed by atoms with Crippen molar-refractivity contribution < 1.29 is 0 Å². The minimum absolute atomic E-state index is 0.764. The molecule has 1 fully saturated rings. The summed E-state index contributed by atoms with van der Waals surface area (Å²) >= 11 is 0. The van der Waals surface area contributed by atoms with Crippen LogP contribution in [0.15, 0.2) is 6.07 Å². The second kappa shape index (κ2) is 4.15. The van der Waals surface area contributed by atoms with Crippen LogP contribution in [0.25, 0.3) is 11.0 Å². The van der Waals surface area contributed by atoms with Gasteiger partial charge in [0.05, 0.1) is 5.69 Å². The second-order valence-electron chi connectivity index (χ2n) is 5.03. The van der Waals surface area contributed by atoms with Gasteiger partial charge in [0.2, 0.25) is 0 Å². The Labute approximate surface area is 107 Å². The van der Waals surface area contributed by atoms with Gasteiger partial charge in [-0.05, 0) is 32.3 Å². The maximum Gasteiger partial charge on any atom is 0.183 e. The number of nitrogen functional groups attached to an aromatic ring is 1. The first kappa shape index (κ1) is 11.3. The molecule has 3 rings (SSSR count). The van der Waals surface area contributed by atoms with Crippen LogP contribution in [0.3, 0.4) is 0 Å². The number of nitrogens with zero attached hydrogens (tertiary/aromatic N) is 4. The van der Waals surface area contributed by atoms with Gasteiger partial charge >= 0.3 is 0 Å². The molecule has 2 aromatic rings. The predicted octanol–water partition coefficient (Wildman–Crippen LogP) is 1.85. The van der Waals surface area contributed by atoms with E-state index in [1.807, 2.05) is 24.7 Å². The lowest BCUT2D eigenvalue weighted by Gasteiger charge is -2.28. The summed E-state index contributed by atoms with van der Waals surface area (Å²) in [4.78, 5) is 6.93. The molecule has 0 unspecified atom stereocenters. The van der Waals surface area contributed by atoms with Gasteiger partial charge in [0.1, 0.15) is 0 Å². The van der Waals surface area contributed by atoms with Gasteiger partial charge < -0.3 is 10.6 Å². The highest BCUT2D eigenvalue weighted by Gasteiger charge is 2.17. The topological polar surface area (TPSA) is 60.0 Å². The second-order valence-corrected chi connectivity index (χ2v) is 5.03. The summed E-state index contributed by atoms with van der Waals surface area (Å²) in [5, 5.41) is 5.48. The zero-order valence-electron chi connectivity index (χ0n) is 11.0. The molecular weight excluding hydrogens is 226 g/mol. The third-order valence-corrected chi connectivity index (χ3v) is 3.79. The number of hydrogen-bond acceptors (Lipinski definition) is 4. The summed E-state index contributed by atoms with van der Waals surface area (Å²) in [5.74, 6) is 0.903. The van der Waals surface area contributed by atoms with Crippen molar-refractivity contribution in [3.8, 4) is 0 Å². The third kappa shape index (κ3) is 1.70. The fourth-order valence-electron chi connectivity index (χ4n) is 2.60. The fourth-order valence-corrected chi connectivity index (χ4v) is 2.60. The first-order valence-corrected chi connectivity index (χ1v) is 6.51. The minimum atomic E-state index is 0.764. The van der Waals surface area contributed by atoms with Crippen LogP contribution in [0, 0.1) is 6.92 Å². The highest BCUT2D eigenvalue weighted by Crippen LogP contribution is 2.28. The maximum absolute atomic E-state index is 6.15. The van der Waals surface area contributed by atoms with Crippen LogP contribution in [0.5, 0.6) is 0 Å². The van der Waals surface area contributed by atoms with E-state index < -0.39 is 0 Å². The van der Waals surface area contributed by atoms with E-state index in [0.717, 1.165) is 41.3 Å². The quantitative estimate of drug-likeness (QED) is 0.833. The number of aryl methyl sites for hydroxylation is 2. The van der Waals surface area contributed by atoms with Crippen LogP contribution in [0.1, 0.15) is 25.0 Å². The molecule has 0 atom stereocenters. The zero-order valence-corrected chi connectivity index (χ0v) is 11.0. The average molecular weight is 245 g/mol. The first-order chi connectivity index (χ1) is 8.66. The molecule has 2 N–H and O–H groups in total. The monoisotopic (exact) mass is 245 g/mol. The zero-order chi connectivity index (χ0) is 12.7. The Morgan fingerprint density at radius 1 is 1.22 bits per heavy atom. The Morgan fingerprint density at radius 2 is 1.94 bits per heavy atom. The number of anilines is 2. The van der Waals surface area contributed by atoms with E-state index in [4.69, 9.17) is 5.73 Å². The van der Waals surface area contributed by atoms with Gasteiger partial charge in [0.15, 0.2) is 11.5 Å². The van der Waals surface area contributed by atoms with E-state index in [1.54, 1.807) is 0 Å². The molecule has 1 saturated heterocycles. The molecule has 0 aromatic carbocycles. The van der Waals surface area contributed by atoms with Gasteiger partial charge in [0.25, 0.3) is 0 Å². The Bertz CT molecular complexity index is 581. The van der Waals surface area contributed by atoms with Crippen molar-refractivity contribution in [3.05, 3.63) is 11.8 Å². The Kier molecular flexibility index (Phi) is 2.61. The molecule has 1 aliphatic heterocycles. The summed E-state index contributed by atoms with van der Waals surface area (Å²) in [7, 11) is 1.94. The number of aromatic nitrogens is 3. The first-order valence-electron chi connectivity index (χ1n) is 6.51. The third-order valence-electron chi connectivity index (χ3n) is 3.79. The molecule has 0 spiro atoms. The molecule has 0 bridgehead atoms. The largest absolute Gasteiger partial charge is 0.396 e. The molecule has 3 heterocycles. The lowest BCUT2D eigenvalue weighted by molar-refractivity contribution is 0.574.